The summed E-state index contributed by atoms with van der Waals surface area (Å²) in [6.45, 7) is 9.95. The van der Waals surface area contributed by atoms with Crippen molar-refractivity contribution in [1.82, 2.24) is 10.2 Å². The SMILES string of the molecule is CCCNC(C)(CO)CCCCN(C)CC. The summed E-state index contributed by atoms with van der Waals surface area (Å²) in [7, 11) is 2.15. The van der Waals surface area contributed by atoms with Crippen molar-refractivity contribution >= 4 is 0 Å². The molecule has 0 aliphatic heterocycles. The van der Waals surface area contributed by atoms with E-state index in [2.05, 4.69) is 38.0 Å². The van der Waals surface area contributed by atoms with Gasteiger partial charge in [-0.05, 0) is 52.9 Å². The van der Waals surface area contributed by atoms with E-state index in [0.717, 1.165) is 32.5 Å². The zero-order chi connectivity index (χ0) is 12.4. The third-order valence-electron chi connectivity index (χ3n) is 3.21. The first-order valence-corrected chi connectivity index (χ1v) is 6.62. The van der Waals surface area contributed by atoms with Crippen LogP contribution in [0.3, 0.4) is 0 Å². The number of hydrogen-bond acceptors (Lipinski definition) is 3. The highest BCUT2D eigenvalue weighted by atomic mass is 16.3. The number of aliphatic hydroxyl groups excluding tert-OH is 1. The summed E-state index contributed by atoms with van der Waals surface area (Å²) in [5.41, 5.74) is -0.0825. The first kappa shape index (κ1) is 15.9. The molecule has 1 atom stereocenters. The van der Waals surface area contributed by atoms with Crippen LogP contribution in [-0.2, 0) is 0 Å². The molecule has 16 heavy (non-hydrogen) atoms. The standard InChI is InChI=1S/C13H30N2O/c1-5-10-14-13(3,12-16)9-7-8-11-15(4)6-2/h14,16H,5-12H2,1-4H3. The Morgan fingerprint density at radius 1 is 1.25 bits per heavy atom. The second-order valence-corrected chi connectivity index (χ2v) is 5.00. The topological polar surface area (TPSA) is 35.5 Å². The fourth-order valence-electron chi connectivity index (χ4n) is 1.71. The number of aliphatic hydroxyl groups is 1. The molecule has 1 unspecified atom stereocenters. The largest absolute Gasteiger partial charge is 0.394 e. The second kappa shape index (κ2) is 8.97. The maximum Gasteiger partial charge on any atom is 0.0610 e. The molecule has 0 heterocycles. The molecule has 0 fully saturated rings. The lowest BCUT2D eigenvalue weighted by molar-refractivity contribution is 0.161. The minimum atomic E-state index is -0.0825. The summed E-state index contributed by atoms with van der Waals surface area (Å²) in [4.78, 5) is 2.33. The molecule has 3 nitrogen and oxygen atoms in total. The van der Waals surface area contributed by atoms with E-state index < -0.39 is 0 Å². The van der Waals surface area contributed by atoms with E-state index >= 15 is 0 Å². The van der Waals surface area contributed by atoms with Gasteiger partial charge in [-0.3, -0.25) is 0 Å². The monoisotopic (exact) mass is 230 g/mol. The van der Waals surface area contributed by atoms with Gasteiger partial charge < -0.3 is 15.3 Å². The minimum absolute atomic E-state index is 0.0825. The van der Waals surface area contributed by atoms with E-state index in [-0.39, 0.29) is 12.1 Å². The molecule has 0 rings (SSSR count). The molecule has 0 amide bonds. The Kier molecular flexibility index (Phi) is 8.90. The van der Waals surface area contributed by atoms with Crippen LogP contribution in [-0.4, -0.2) is 48.8 Å². The van der Waals surface area contributed by atoms with Crippen LogP contribution in [0.5, 0.6) is 0 Å². The van der Waals surface area contributed by atoms with Crippen molar-refractivity contribution in [2.24, 2.45) is 0 Å². The van der Waals surface area contributed by atoms with Crippen LogP contribution in [0.4, 0.5) is 0 Å². The van der Waals surface area contributed by atoms with Crippen LogP contribution in [0.2, 0.25) is 0 Å². The van der Waals surface area contributed by atoms with Crippen LogP contribution >= 0.6 is 0 Å². The summed E-state index contributed by atoms with van der Waals surface area (Å²) in [5.74, 6) is 0. The number of nitrogens with zero attached hydrogens (tertiary/aromatic N) is 1. The molecular weight excluding hydrogens is 200 g/mol. The van der Waals surface area contributed by atoms with Crippen LogP contribution in [0.25, 0.3) is 0 Å². The third kappa shape index (κ3) is 7.20. The molecule has 2 N–H and O–H groups in total. The molecule has 0 saturated carbocycles. The molecule has 0 aliphatic carbocycles. The van der Waals surface area contributed by atoms with Gasteiger partial charge in [0.25, 0.3) is 0 Å². The maximum absolute atomic E-state index is 9.39. The van der Waals surface area contributed by atoms with Crippen LogP contribution in [0.1, 0.15) is 46.5 Å². The molecule has 0 spiro atoms. The Bertz CT molecular complexity index is 164. The van der Waals surface area contributed by atoms with Gasteiger partial charge in [0.15, 0.2) is 0 Å². The highest BCUT2D eigenvalue weighted by molar-refractivity contribution is 4.81. The van der Waals surface area contributed by atoms with E-state index in [1.807, 2.05) is 0 Å². The molecule has 3 heteroatoms. The van der Waals surface area contributed by atoms with Gasteiger partial charge in [0.2, 0.25) is 0 Å². The quantitative estimate of drug-likeness (QED) is 0.562. The molecule has 0 saturated heterocycles. The van der Waals surface area contributed by atoms with Crippen molar-refractivity contribution in [1.29, 1.82) is 0 Å². The van der Waals surface area contributed by atoms with E-state index in [4.69, 9.17) is 0 Å². The summed E-state index contributed by atoms with van der Waals surface area (Å²) in [5, 5.41) is 12.8. The lowest BCUT2D eigenvalue weighted by Gasteiger charge is -2.29. The molecular formula is C13H30N2O. The van der Waals surface area contributed by atoms with E-state index in [9.17, 15) is 5.11 Å². The van der Waals surface area contributed by atoms with Gasteiger partial charge in [0, 0.05) is 5.54 Å². The first-order valence-electron chi connectivity index (χ1n) is 6.62. The van der Waals surface area contributed by atoms with E-state index in [1.54, 1.807) is 0 Å². The summed E-state index contributed by atoms with van der Waals surface area (Å²) in [6.07, 6.45) is 4.57. The molecule has 0 aliphatic rings. The zero-order valence-electron chi connectivity index (χ0n) is 11.6. The molecule has 0 bridgehead atoms. The highest BCUT2D eigenvalue weighted by Crippen LogP contribution is 2.13. The fourth-order valence-corrected chi connectivity index (χ4v) is 1.71. The second-order valence-electron chi connectivity index (χ2n) is 5.00. The lowest BCUT2D eigenvalue weighted by atomic mass is 9.95. The number of hydrogen-bond donors (Lipinski definition) is 2. The average Bonchev–Trinajstić information content (AvgIpc) is 2.31. The van der Waals surface area contributed by atoms with Gasteiger partial charge >= 0.3 is 0 Å². The number of nitrogens with one attached hydrogen (secondary N) is 1. The van der Waals surface area contributed by atoms with Gasteiger partial charge in [0.1, 0.15) is 0 Å². The van der Waals surface area contributed by atoms with E-state index in [0.29, 0.717) is 0 Å². The number of rotatable bonds is 10. The Labute approximate surface area is 101 Å². The highest BCUT2D eigenvalue weighted by Gasteiger charge is 2.21. The van der Waals surface area contributed by atoms with Gasteiger partial charge in [-0.15, -0.1) is 0 Å². The Morgan fingerprint density at radius 3 is 2.44 bits per heavy atom. The van der Waals surface area contributed by atoms with Crippen molar-refractivity contribution in [3.8, 4) is 0 Å². The average molecular weight is 230 g/mol. The van der Waals surface area contributed by atoms with Crippen molar-refractivity contribution in [2.75, 3.05) is 33.3 Å². The van der Waals surface area contributed by atoms with E-state index in [1.165, 1.54) is 12.8 Å². The Balaban J connectivity index is 3.68. The van der Waals surface area contributed by atoms with Gasteiger partial charge in [-0.2, -0.15) is 0 Å². The molecule has 0 aromatic carbocycles. The van der Waals surface area contributed by atoms with Crippen molar-refractivity contribution in [3.05, 3.63) is 0 Å². The van der Waals surface area contributed by atoms with Gasteiger partial charge in [-0.1, -0.05) is 20.3 Å². The summed E-state index contributed by atoms with van der Waals surface area (Å²) < 4.78 is 0. The maximum atomic E-state index is 9.39. The predicted octanol–water partition coefficient (Wildman–Crippen LogP) is 1.86. The van der Waals surface area contributed by atoms with Crippen LogP contribution in [0, 0.1) is 0 Å². The normalized spacial score (nSPS) is 15.4. The molecule has 0 aromatic heterocycles. The molecule has 0 aromatic rings. The predicted molar refractivity (Wildman–Crippen MR) is 70.8 cm³/mol. The Hall–Kier alpha value is -0.120. The number of unbranched alkanes of at least 4 members (excludes halogenated alkanes) is 1. The van der Waals surface area contributed by atoms with Gasteiger partial charge in [-0.25, -0.2) is 0 Å². The zero-order valence-corrected chi connectivity index (χ0v) is 11.6. The lowest BCUT2D eigenvalue weighted by Crippen LogP contribution is -2.46. The van der Waals surface area contributed by atoms with Gasteiger partial charge in [0.05, 0.1) is 6.61 Å². The summed E-state index contributed by atoms with van der Waals surface area (Å²) in [6, 6.07) is 0. The first-order chi connectivity index (χ1) is 7.58. The van der Waals surface area contributed by atoms with Crippen molar-refractivity contribution in [2.45, 2.75) is 52.0 Å². The third-order valence-corrected chi connectivity index (χ3v) is 3.21. The molecule has 98 valence electrons. The fraction of sp³-hybridized carbons (Fsp3) is 1.00. The smallest absolute Gasteiger partial charge is 0.0610 e. The van der Waals surface area contributed by atoms with Crippen LogP contribution in [0.15, 0.2) is 0 Å². The summed E-state index contributed by atoms with van der Waals surface area (Å²) >= 11 is 0. The van der Waals surface area contributed by atoms with Crippen molar-refractivity contribution < 1.29 is 5.11 Å². The van der Waals surface area contributed by atoms with Crippen molar-refractivity contribution in [3.63, 3.8) is 0 Å². The minimum Gasteiger partial charge on any atom is -0.394 e. The Morgan fingerprint density at radius 2 is 1.94 bits per heavy atom. The van der Waals surface area contributed by atoms with Crippen LogP contribution < -0.4 is 5.32 Å². The molecule has 0 radical (unpaired) electrons.